The average Bonchev–Trinajstić information content (AvgIpc) is 3.42. The van der Waals surface area contributed by atoms with Gasteiger partial charge in [-0.05, 0) is 44.7 Å². The van der Waals surface area contributed by atoms with Crippen LogP contribution in [0, 0.1) is 13.8 Å². The molecule has 1 N–H and O–H groups in total. The third-order valence-electron chi connectivity index (χ3n) is 6.02. The van der Waals surface area contributed by atoms with Gasteiger partial charge in [-0.1, -0.05) is 24.6 Å². The van der Waals surface area contributed by atoms with Crippen LogP contribution in [0.3, 0.4) is 0 Å². The Morgan fingerprint density at radius 3 is 2.29 bits per heavy atom. The molecule has 4 rings (SSSR count). The van der Waals surface area contributed by atoms with Crippen molar-refractivity contribution in [1.82, 2.24) is 29.5 Å². The molecule has 31 heavy (non-hydrogen) atoms. The molecule has 1 aliphatic rings. The summed E-state index contributed by atoms with van der Waals surface area (Å²) in [7, 11) is 0. The fourth-order valence-corrected chi connectivity index (χ4v) is 4.11. The van der Waals surface area contributed by atoms with Gasteiger partial charge in [-0.2, -0.15) is 5.10 Å². The van der Waals surface area contributed by atoms with Crippen molar-refractivity contribution < 1.29 is 4.79 Å². The van der Waals surface area contributed by atoms with Crippen molar-refractivity contribution in [2.45, 2.75) is 20.8 Å². The van der Waals surface area contributed by atoms with Crippen molar-refractivity contribution in [2.75, 3.05) is 45.8 Å². The van der Waals surface area contributed by atoms with Crippen LogP contribution in [0.15, 0.2) is 48.8 Å². The van der Waals surface area contributed by atoms with Crippen molar-refractivity contribution in [1.29, 1.82) is 0 Å². The highest BCUT2D eigenvalue weighted by atomic mass is 16.1. The number of aryl methyl sites for hydroxylation is 2. The number of nitrogens with one attached hydrogen (secondary N) is 1. The standard InChI is InChI=1S/C24H32N6O/c1-4-27-15-17-28(18-16-27)14-11-25-23(31)22-20(3)26-30(21-9-7-19(2)8-10-21)24(22)29-12-5-6-13-29/h5-10,12-13H,4,11,14-18H2,1-3H3,(H,25,31). The van der Waals surface area contributed by atoms with Crippen molar-refractivity contribution >= 4 is 5.91 Å². The zero-order valence-corrected chi connectivity index (χ0v) is 18.7. The van der Waals surface area contributed by atoms with Gasteiger partial charge in [-0.15, -0.1) is 0 Å². The molecule has 1 saturated heterocycles. The minimum absolute atomic E-state index is 0.0771. The predicted octanol–water partition coefficient (Wildman–Crippen LogP) is 2.65. The Morgan fingerprint density at radius 1 is 1.00 bits per heavy atom. The van der Waals surface area contributed by atoms with Crippen molar-refractivity contribution in [3.63, 3.8) is 0 Å². The Balaban J connectivity index is 1.52. The topological polar surface area (TPSA) is 58.3 Å². The number of amides is 1. The number of benzene rings is 1. The Hall–Kier alpha value is -2.90. The molecule has 0 aliphatic carbocycles. The summed E-state index contributed by atoms with van der Waals surface area (Å²) in [5.41, 5.74) is 3.46. The van der Waals surface area contributed by atoms with Gasteiger partial charge in [-0.3, -0.25) is 9.69 Å². The number of hydrogen-bond donors (Lipinski definition) is 1. The molecular formula is C24H32N6O. The average molecular weight is 421 g/mol. The molecule has 3 heterocycles. The van der Waals surface area contributed by atoms with E-state index in [9.17, 15) is 4.79 Å². The van der Waals surface area contributed by atoms with Gasteiger partial charge >= 0.3 is 0 Å². The second-order valence-electron chi connectivity index (χ2n) is 8.15. The van der Waals surface area contributed by atoms with Crippen LogP contribution in [0.4, 0.5) is 0 Å². The molecule has 0 spiro atoms. The minimum Gasteiger partial charge on any atom is -0.351 e. The number of nitrogens with zero attached hydrogens (tertiary/aromatic N) is 5. The number of aromatic nitrogens is 3. The SMILES string of the molecule is CCN1CCN(CCNC(=O)c2c(C)nn(-c3ccc(C)cc3)c2-n2cccc2)CC1. The first kappa shape index (κ1) is 21.3. The van der Waals surface area contributed by atoms with Gasteiger partial charge < -0.3 is 14.8 Å². The van der Waals surface area contributed by atoms with E-state index in [1.165, 1.54) is 5.56 Å². The quantitative estimate of drug-likeness (QED) is 0.639. The smallest absolute Gasteiger partial charge is 0.257 e. The molecule has 164 valence electrons. The zero-order chi connectivity index (χ0) is 21.8. The number of carbonyl (C=O) groups excluding carboxylic acids is 1. The second kappa shape index (κ2) is 9.49. The summed E-state index contributed by atoms with van der Waals surface area (Å²) in [5, 5.41) is 7.85. The molecule has 0 saturated carbocycles. The number of carbonyl (C=O) groups is 1. The highest BCUT2D eigenvalue weighted by Crippen LogP contribution is 2.23. The normalized spacial score (nSPS) is 15.3. The molecule has 1 amide bonds. The molecule has 0 radical (unpaired) electrons. The number of likely N-dealkylation sites (N-methyl/N-ethyl adjacent to an activating group) is 1. The maximum atomic E-state index is 13.2. The minimum atomic E-state index is -0.0771. The van der Waals surface area contributed by atoms with Gasteiger partial charge in [0.05, 0.1) is 11.4 Å². The third kappa shape index (κ3) is 4.73. The highest BCUT2D eigenvalue weighted by Gasteiger charge is 2.24. The van der Waals surface area contributed by atoms with Gasteiger partial charge in [0.15, 0.2) is 5.82 Å². The van der Waals surface area contributed by atoms with Crippen LogP contribution in [0.25, 0.3) is 11.5 Å². The largest absolute Gasteiger partial charge is 0.351 e. The van der Waals surface area contributed by atoms with Crippen LogP contribution in [0.1, 0.15) is 28.5 Å². The molecule has 1 aliphatic heterocycles. The van der Waals surface area contributed by atoms with Crippen molar-refractivity contribution in [3.8, 4) is 11.5 Å². The van der Waals surface area contributed by atoms with E-state index in [1.54, 1.807) is 0 Å². The fraction of sp³-hybridized carbons (Fsp3) is 0.417. The van der Waals surface area contributed by atoms with Gasteiger partial charge in [0.2, 0.25) is 0 Å². The van der Waals surface area contributed by atoms with E-state index in [0.29, 0.717) is 12.1 Å². The van der Waals surface area contributed by atoms with Gasteiger partial charge in [-0.25, -0.2) is 4.68 Å². The highest BCUT2D eigenvalue weighted by molar-refractivity contribution is 5.98. The summed E-state index contributed by atoms with van der Waals surface area (Å²) >= 11 is 0. The summed E-state index contributed by atoms with van der Waals surface area (Å²) in [6.45, 7) is 13.1. The van der Waals surface area contributed by atoms with E-state index in [4.69, 9.17) is 5.10 Å². The lowest BCUT2D eigenvalue weighted by molar-refractivity contribution is 0.0937. The molecule has 0 bridgehead atoms. The molecule has 0 atom stereocenters. The van der Waals surface area contributed by atoms with Crippen LogP contribution in [0.2, 0.25) is 0 Å². The van der Waals surface area contributed by atoms with E-state index < -0.39 is 0 Å². The molecular weight excluding hydrogens is 388 g/mol. The molecule has 7 heteroatoms. The van der Waals surface area contributed by atoms with Crippen LogP contribution in [-0.2, 0) is 0 Å². The Kier molecular flexibility index (Phi) is 6.53. The van der Waals surface area contributed by atoms with Crippen molar-refractivity contribution in [3.05, 3.63) is 65.6 Å². The second-order valence-corrected chi connectivity index (χ2v) is 8.15. The van der Waals surface area contributed by atoms with Crippen LogP contribution < -0.4 is 5.32 Å². The summed E-state index contributed by atoms with van der Waals surface area (Å²) < 4.78 is 3.81. The Labute approximate surface area is 184 Å². The van der Waals surface area contributed by atoms with E-state index in [0.717, 1.165) is 56.5 Å². The lowest BCUT2D eigenvalue weighted by Gasteiger charge is -2.33. The first-order chi connectivity index (χ1) is 15.1. The Morgan fingerprint density at radius 2 is 1.65 bits per heavy atom. The molecule has 1 fully saturated rings. The zero-order valence-electron chi connectivity index (χ0n) is 18.7. The number of rotatable bonds is 7. The molecule has 2 aromatic heterocycles. The van der Waals surface area contributed by atoms with Crippen LogP contribution >= 0.6 is 0 Å². The first-order valence-electron chi connectivity index (χ1n) is 11.1. The lowest BCUT2D eigenvalue weighted by Crippen LogP contribution is -2.48. The van der Waals surface area contributed by atoms with Crippen LogP contribution in [-0.4, -0.2) is 75.9 Å². The summed E-state index contributed by atoms with van der Waals surface area (Å²) in [4.78, 5) is 18.1. The summed E-state index contributed by atoms with van der Waals surface area (Å²) in [6.07, 6.45) is 3.90. The van der Waals surface area contributed by atoms with E-state index in [2.05, 4.69) is 41.1 Å². The summed E-state index contributed by atoms with van der Waals surface area (Å²) in [6, 6.07) is 12.1. The van der Waals surface area contributed by atoms with Crippen molar-refractivity contribution in [2.24, 2.45) is 0 Å². The monoisotopic (exact) mass is 420 g/mol. The maximum Gasteiger partial charge on any atom is 0.257 e. The molecule has 0 unspecified atom stereocenters. The maximum absolute atomic E-state index is 13.2. The molecule has 7 nitrogen and oxygen atoms in total. The molecule has 3 aromatic rings. The third-order valence-corrected chi connectivity index (χ3v) is 6.02. The summed E-state index contributed by atoms with van der Waals surface area (Å²) in [5.74, 6) is 0.687. The molecule has 1 aromatic carbocycles. The predicted molar refractivity (Wildman–Crippen MR) is 123 cm³/mol. The van der Waals surface area contributed by atoms with Gasteiger partial charge in [0.25, 0.3) is 5.91 Å². The Bertz CT molecular complexity index is 998. The van der Waals surface area contributed by atoms with Gasteiger partial charge in [0, 0.05) is 51.7 Å². The first-order valence-corrected chi connectivity index (χ1v) is 11.1. The fourth-order valence-electron chi connectivity index (χ4n) is 4.11. The van der Waals surface area contributed by atoms with Gasteiger partial charge in [0.1, 0.15) is 5.56 Å². The van der Waals surface area contributed by atoms with E-state index in [-0.39, 0.29) is 5.91 Å². The van der Waals surface area contributed by atoms with Crippen LogP contribution in [0.5, 0.6) is 0 Å². The number of piperazine rings is 1. The lowest BCUT2D eigenvalue weighted by atomic mass is 10.2. The number of hydrogen-bond acceptors (Lipinski definition) is 4. The van der Waals surface area contributed by atoms with E-state index >= 15 is 0 Å². The van der Waals surface area contributed by atoms with E-state index in [1.807, 2.05) is 52.8 Å².